The zero-order valence-electron chi connectivity index (χ0n) is 28.6. The van der Waals surface area contributed by atoms with E-state index in [0.29, 0.717) is 6.54 Å². The summed E-state index contributed by atoms with van der Waals surface area (Å²) in [5.41, 5.74) is 16.6. The lowest BCUT2D eigenvalue weighted by molar-refractivity contribution is 0.185. The Labute approximate surface area is 290 Å². The Bertz CT molecular complexity index is 2200. The summed E-state index contributed by atoms with van der Waals surface area (Å²) in [5.74, 6) is 0.904. The number of aromatic nitrogens is 1. The molecule has 3 heteroatoms. The van der Waals surface area contributed by atoms with Crippen molar-refractivity contribution in [2.45, 2.75) is 39.7 Å². The first-order chi connectivity index (χ1) is 24.1. The van der Waals surface area contributed by atoms with Crippen molar-refractivity contribution in [1.82, 2.24) is 4.57 Å². The number of para-hydroxylation sites is 1. The van der Waals surface area contributed by atoms with E-state index in [4.69, 9.17) is 4.74 Å². The standard InChI is InChI=1S/C46H42N2O/c1-5-7-8-13-21-41-34(4)49-40-20-16-19-39(30-37(41)31-40)47(28-6-2)44-26-24-35(29-33(44)3)36-25-27-46-43(32-36)42-22-14-10-15-23-45(42)48(46)38-17-11-9-12-18-38/h5-12,14-18,20-21,23-27,29-32,40H,2,19,22,28H2,1,3-4H3/b7-5-,20-16-,39-30+. The Morgan fingerprint density at radius 3 is 2.63 bits per heavy atom. The highest BCUT2D eigenvalue weighted by Gasteiger charge is 2.22. The second kappa shape index (κ2) is 14.2. The summed E-state index contributed by atoms with van der Waals surface area (Å²) in [4.78, 5) is 2.39. The van der Waals surface area contributed by atoms with Crippen molar-refractivity contribution in [3.05, 3.63) is 191 Å². The molecule has 242 valence electrons. The normalized spacial score (nSPS) is 18.3. The number of hydrogen-bond donors (Lipinski definition) is 0. The Balaban J connectivity index is 1.26. The van der Waals surface area contributed by atoms with Crippen LogP contribution in [0.1, 0.15) is 37.1 Å². The molecule has 2 bridgehead atoms. The first-order valence-corrected chi connectivity index (χ1v) is 17.1. The minimum absolute atomic E-state index is 0.0673. The third-order valence-electron chi connectivity index (χ3n) is 9.36. The van der Waals surface area contributed by atoms with Gasteiger partial charge in [-0.2, -0.15) is 0 Å². The minimum Gasteiger partial charge on any atom is -0.486 e. The van der Waals surface area contributed by atoms with Gasteiger partial charge in [-0.25, -0.2) is 0 Å². The van der Waals surface area contributed by atoms with Gasteiger partial charge in [0, 0.05) is 41.0 Å². The van der Waals surface area contributed by atoms with Gasteiger partial charge in [-0.3, -0.25) is 0 Å². The number of aryl methyl sites for hydroxylation is 1. The fourth-order valence-corrected chi connectivity index (χ4v) is 7.06. The molecule has 0 fully saturated rings. The number of benzene rings is 3. The molecule has 2 aliphatic carbocycles. The monoisotopic (exact) mass is 638 g/mol. The zero-order chi connectivity index (χ0) is 33.7. The number of anilines is 1. The molecular weight excluding hydrogens is 597 g/mol. The van der Waals surface area contributed by atoms with Crippen LogP contribution in [-0.4, -0.2) is 17.2 Å². The first kappa shape index (κ1) is 31.8. The van der Waals surface area contributed by atoms with Crippen LogP contribution in [0.5, 0.6) is 0 Å². The molecule has 0 radical (unpaired) electrons. The third-order valence-corrected chi connectivity index (χ3v) is 9.36. The summed E-state index contributed by atoms with van der Waals surface area (Å²) in [6.45, 7) is 11.1. The molecule has 3 nitrogen and oxygen atoms in total. The Morgan fingerprint density at radius 1 is 0.980 bits per heavy atom. The van der Waals surface area contributed by atoms with Gasteiger partial charge in [0.2, 0.25) is 0 Å². The van der Waals surface area contributed by atoms with Gasteiger partial charge in [0.1, 0.15) is 11.9 Å². The van der Waals surface area contributed by atoms with Crippen LogP contribution >= 0.6 is 0 Å². The topological polar surface area (TPSA) is 17.4 Å². The number of ether oxygens (including phenoxy) is 1. The molecule has 49 heavy (non-hydrogen) atoms. The highest BCUT2D eigenvalue weighted by molar-refractivity contribution is 5.94. The highest BCUT2D eigenvalue weighted by atomic mass is 16.5. The van der Waals surface area contributed by atoms with Gasteiger partial charge in [-0.05, 0) is 128 Å². The predicted molar refractivity (Wildman–Crippen MR) is 208 cm³/mol. The Kier molecular flexibility index (Phi) is 9.19. The van der Waals surface area contributed by atoms with E-state index in [0.717, 1.165) is 29.7 Å². The molecule has 1 aromatic heterocycles. The van der Waals surface area contributed by atoms with Crippen LogP contribution in [0, 0.1) is 6.92 Å². The molecule has 1 aliphatic heterocycles. The highest BCUT2D eigenvalue weighted by Crippen LogP contribution is 2.38. The molecule has 1 unspecified atom stereocenters. The lowest BCUT2D eigenvalue weighted by Crippen LogP contribution is -2.25. The van der Waals surface area contributed by atoms with Crippen LogP contribution in [0.25, 0.3) is 33.8 Å². The maximum absolute atomic E-state index is 6.20. The number of hydrogen-bond acceptors (Lipinski definition) is 2. The van der Waals surface area contributed by atoms with Crippen LogP contribution < -0.4 is 4.90 Å². The maximum atomic E-state index is 6.20. The van der Waals surface area contributed by atoms with E-state index in [-0.39, 0.29) is 6.10 Å². The molecule has 0 saturated heterocycles. The van der Waals surface area contributed by atoms with E-state index < -0.39 is 0 Å². The maximum Gasteiger partial charge on any atom is 0.135 e. The van der Waals surface area contributed by atoms with E-state index in [1.807, 2.05) is 44.2 Å². The molecule has 0 N–H and O–H groups in total. The molecule has 3 aromatic carbocycles. The molecule has 0 spiro atoms. The molecule has 2 heterocycles. The van der Waals surface area contributed by atoms with Gasteiger partial charge in [-0.15, -0.1) is 12.3 Å². The van der Waals surface area contributed by atoms with Crippen LogP contribution in [0.2, 0.25) is 0 Å². The summed E-state index contributed by atoms with van der Waals surface area (Å²) in [5, 5.41) is 1.30. The van der Waals surface area contributed by atoms with Crippen LogP contribution in [0.15, 0.2) is 175 Å². The molecule has 3 aliphatic rings. The summed E-state index contributed by atoms with van der Waals surface area (Å²) in [6, 6.07) is 24.5. The lowest BCUT2D eigenvalue weighted by atomic mass is 9.95. The van der Waals surface area contributed by atoms with Crippen LogP contribution in [0.3, 0.4) is 0 Å². The molecule has 1 atom stereocenters. The number of nitrogens with zero attached hydrogens (tertiary/aromatic N) is 2. The number of rotatable bonds is 8. The van der Waals surface area contributed by atoms with Crippen molar-refractivity contribution in [2.24, 2.45) is 0 Å². The molecule has 0 amide bonds. The van der Waals surface area contributed by atoms with Crippen molar-refractivity contribution in [3.63, 3.8) is 0 Å². The van der Waals surface area contributed by atoms with E-state index in [1.54, 1.807) is 0 Å². The Hall–Kier alpha value is -5.76. The SMILES string of the molecule is C=CCN(/C1=C/C2=CC(/C=C\C1)OC(C)=C2C=C=C/C=C\C)c1ccc(-c2ccc3c(c2)c2c(n3-c3ccccc3)C=CC=CC2)cc1C. The summed E-state index contributed by atoms with van der Waals surface area (Å²) >= 11 is 0. The van der Waals surface area contributed by atoms with Crippen molar-refractivity contribution >= 4 is 22.7 Å². The summed E-state index contributed by atoms with van der Waals surface area (Å²) in [6.07, 6.45) is 29.2. The quantitative estimate of drug-likeness (QED) is 0.109. The van der Waals surface area contributed by atoms with E-state index in [9.17, 15) is 0 Å². The van der Waals surface area contributed by atoms with Crippen molar-refractivity contribution < 1.29 is 4.74 Å². The predicted octanol–water partition coefficient (Wildman–Crippen LogP) is 11.5. The summed E-state index contributed by atoms with van der Waals surface area (Å²) in [7, 11) is 0. The lowest BCUT2D eigenvalue weighted by Gasteiger charge is -2.31. The van der Waals surface area contributed by atoms with Gasteiger partial charge >= 0.3 is 0 Å². The average Bonchev–Trinajstić information content (AvgIpc) is 3.22. The smallest absolute Gasteiger partial charge is 0.135 e. The van der Waals surface area contributed by atoms with Crippen LogP contribution in [-0.2, 0) is 11.2 Å². The molecule has 7 rings (SSSR count). The van der Waals surface area contributed by atoms with Crippen LogP contribution in [0.4, 0.5) is 5.69 Å². The zero-order valence-corrected chi connectivity index (χ0v) is 28.6. The van der Waals surface area contributed by atoms with E-state index >= 15 is 0 Å². The van der Waals surface area contributed by atoms with Gasteiger partial charge in [0.25, 0.3) is 0 Å². The average molecular weight is 639 g/mol. The second-order valence-electron chi connectivity index (χ2n) is 12.6. The molecule has 0 saturated carbocycles. The van der Waals surface area contributed by atoms with Gasteiger partial charge in [-0.1, -0.05) is 72.9 Å². The van der Waals surface area contributed by atoms with Crippen molar-refractivity contribution in [2.75, 3.05) is 11.4 Å². The van der Waals surface area contributed by atoms with E-state index in [2.05, 4.69) is 144 Å². The van der Waals surface area contributed by atoms with Gasteiger partial charge in [0.05, 0.1) is 11.2 Å². The summed E-state index contributed by atoms with van der Waals surface area (Å²) < 4.78 is 8.59. The largest absolute Gasteiger partial charge is 0.486 e. The number of allylic oxidation sites excluding steroid dienone is 11. The fourth-order valence-electron chi connectivity index (χ4n) is 7.06. The number of fused-ring (bicyclic) bond motifs is 4. The fraction of sp³-hybridized carbons (Fsp3) is 0.152. The second-order valence-corrected chi connectivity index (χ2v) is 12.6. The van der Waals surface area contributed by atoms with Gasteiger partial charge in [0.15, 0.2) is 0 Å². The Morgan fingerprint density at radius 2 is 1.82 bits per heavy atom. The van der Waals surface area contributed by atoms with Gasteiger partial charge < -0.3 is 14.2 Å². The molecule has 4 aromatic rings. The van der Waals surface area contributed by atoms with Crippen molar-refractivity contribution in [1.29, 1.82) is 0 Å². The first-order valence-electron chi connectivity index (χ1n) is 17.1. The van der Waals surface area contributed by atoms with Crippen molar-refractivity contribution in [3.8, 4) is 16.8 Å². The minimum atomic E-state index is -0.0673. The van der Waals surface area contributed by atoms with E-state index in [1.165, 1.54) is 55.9 Å². The molecular formula is C46H42N2O. The third kappa shape index (κ3) is 6.42.